The van der Waals surface area contributed by atoms with Gasteiger partial charge in [-0.15, -0.1) is 0 Å². The van der Waals surface area contributed by atoms with E-state index in [1.54, 1.807) is 27.3 Å². The summed E-state index contributed by atoms with van der Waals surface area (Å²) in [4.78, 5) is 22.4. The summed E-state index contributed by atoms with van der Waals surface area (Å²) in [5.41, 5.74) is 5.87. The predicted octanol–water partition coefficient (Wildman–Crippen LogP) is 3.99. The van der Waals surface area contributed by atoms with Crippen LogP contribution in [0.2, 0.25) is 0 Å². The number of aryl methyl sites for hydroxylation is 3. The van der Waals surface area contributed by atoms with Crippen molar-refractivity contribution in [3.8, 4) is 17.0 Å². The van der Waals surface area contributed by atoms with Crippen LogP contribution in [0.3, 0.4) is 0 Å². The average molecular weight is 393 g/mol. The van der Waals surface area contributed by atoms with Gasteiger partial charge in [0.1, 0.15) is 17.0 Å². The number of hydrogen-bond acceptors (Lipinski definition) is 5. The number of nitrogens with zero attached hydrogens (tertiary/aromatic N) is 3. The van der Waals surface area contributed by atoms with Crippen LogP contribution in [0, 0.1) is 26.7 Å². The van der Waals surface area contributed by atoms with Gasteiger partial charge in [-0.05, 0) is 68.9 Å². The molecule has 1 aliphatic rings. The molecule has 1 aliphatic carbocycles. The van der Waals surface area contributed by atoms with Crippen molar-refractivity contribution in [2.75, 3.05) is 20.8 Å². The first-order valence-electron chi connectivity index (χ1n) is 9.98. The summed E-state index contributed by atoms with van der Waals surface area (Å²) in [6.07, 6.45) is 4.01. The van der Waals surface area contributed by atoms with Gasteiger partial charge in [0, 0.05) is 18.9 Å². The zero-order valence-electron chi connectivity index (χ0n) is 17.7. The number of benzene rings is 1. The number of fused-ring (bicyclic) bond motifs is 1. The molecule has 1 unspecified atom stereocenters. The standard InChI is InChI=1S/C23H27N3O3/c1-13-11-20(29-5)14(2)10-17(13)21-22-18(8-9-24-21)26(23(27)15(3)25-22)19(12-28-4)16-6-7-16/h8-11,16,19H,6-7,12H2,1-5H3. The molecule has 1 aromatic carbocycles. The van der Waals surface area contributed by atoms with Crippen molar-refractivity contribution >= 4 is 11.0 Å². The van der Waals surface area contributed by atoms with E-state index in [1.807, 2.05) is 30.5 Å². The molecule has 0 bridgehead atoms. The second-order valence-electron chi connectivity index (χ2n) is 7.90. The smallest absolute Gasteiger partial charge is 0.272 e. The van der Waals surface area contributed by atoms with Crippen LogP contribution < -0.4 is 10.3 Å². The third-order valence-corrected chi connectivity index (χ3v) is 5.80. The number of pyridine rings is 1. The third-order valence-electron chi connectivity index (χ3n) is 5.80. The largest absolute Gasteiger partial charge is 0.496 e. The van der Waals surface area contributed by atoms with Crippen LogP contribution in [0.15, 0.2) is 29.2 Å². The predicted molar refractivity (Wildman–Crippen MR) is 114 cm³/mol. The number of rotatable bonds is 6. The van der Waals surface area contributed by atoms with E-state index in [0.717, 1.165) is 52.0 Å². The Hall–Kier alpha value is -2.73. The summed E-state index contributed by atoms with van der Waals surface area (Å²) in [6, 6.07) is 6.01. The third kappa shape index (κ3) is 3.42. The Balaban J connectivity index is 2.00. The summed E-state index contributed by atoms with van der Waals surface area (Å²) in [5.74, 6) is 1.32. The summed E-state index contributed by atoms with van der Waals surface area (Å²) < 4.78 is 12.8. The van der Waals surface area contributed by atoms with Crippen molar-refractivity contribution < 1.29 is 9.47 Å². The number of hydrogen-bond donors (Lipinski definition) is 0. The van der Waals surface area contributed by atoms with E-state index in [0.29, 0.717) is 18.2 Å². The molecule has 4 rings (SSSR count). The Morgan fingerprint density at radius 2 is 1.93 bits per heavy atom. The van der Waals surface area contributed by atoms with Gasteiger partial charge >= 0.3 is 0 Å². The van der Waals surface area contributed by atoms with Gasteiger partial charge in [-0.2, -0.15) is 0 Å². The minimum absolute atomic E-state index is 0.0191. The lowest BCUT2D eigenvalue weighted by Crippen LogP contribution is -2.31. The lowest BCUT2D eigenvalue weighted by atomic mass is 10.00. The first-order valence-corrected chi connectivity index (χ1v) is 9.98. The van der Waals surface area contributed by atoms with Crippen LogP contribution in [0.25, 0.3) is 22.3 Å². The van der Waals surface area contributed by atoms with E-state index in [1.165, 1.54) is 0 Å². The molecular formula is C23H27N3O3. The molecule has 6 nitrogen and oxygen atoms in total. The number of aromatic nitrogens is 3. The van der Waals surface area contributed by atoms with Gasteiger partial charge in [0.15, 0.2) is 0 Å². The van der Waals surface area contributed by atoms with Gasteiger partial charge in [0.05, 0.1) is 31.0 Å². The van der Waals surface area contributed by atoms with Gasteiger partial charge in [-0.3, -0.25) is 14.3 Å². The highest BCUT2D eigenvalue weighted by Crippen LogP contribution is 2.41. The molecule has 29 heavy (non-hydrogen) atoms. The van der Waals surface area contributed by atoms with Gasteiger partial charge in [0.25, 0.3) is 5.56 Å². The molecule has 1 atom stereocenters. The van der Waals surface area contributed by atoms with Crippen molar-refractivity contribution in [1.82, 2.24) is 14.5 Å². The fourth-order valence-corrected chi connectivity index (χ4v) is 4.11. The monoisotopic (exact) mass is 393 g/mol. The lowest BCUT2D eigenvalue weighted by molar-refractivity contribution is 0.145. The molecule has 1 saturated carbocycles. The molecular weight excluding hydrogens is 366 g/mol. The summed E-state index contributed by atoms with van der Waals surface area (Å²) >= 11 is 0. The molecule has 0 amide bonds. The maximum Gasteiger partial charge on any atom is 0.272 e. The fourth-order valence-electron chi connectivity index (χ4n) is 4.11. The summed E-state index contributed by atoms with van der Waals surface area (Å²) in [5, 5.41) is 0. The molecule has 1 fully saturated rings. The average Bonchev–Trinajstić information content (AvgIpc) is 3.54. The highest BCUT2D eigenvalue weighted by Gasteiger charge is 2.34. The molecule has 0 radical (unpaired) electrons. The molecule has 152 valence electrons. The van der Waals surface area contributed by atoms with Crippen molar-refractivity contribution in [2.45, 2.75) is 39.7 Å². The summed E-state index contributed by atoms with van der Waals surface area (Å²) in [7, 11) is 3.36. The Bertz CT molecular complexity index is 1130. The maximum atomic E-state index is 13.1. The van der Waals surface area contributed by atoms with Crippen LogP contribution in [0.1, 0.15) is 35.7 Å². The van der Waals surface area contributed by atoms with Gasteiger partial charge in [-0.25, -0.2) is 4.98 Å². The molecule has 0 spiro atoms. The van der Waals surface area contributed by atoms with E-state index >= 15 is 0 Å². The van der Waals surface area contributed by atoms with E-state index in [-0.39, 0.29) is 11.6 Å². The SMILES string of the molecule is COCC(C1CC1)n1c(=O)c(C)nc2c(-c3cc(C)c(OC)cc3C)nccc21. The maximum absolute atomic E-state index is 13.1. The molecule has 6 heteroatoms. The quantitative estimate of drug-likeness (QED) is 0.633. The Morgan fingerprint density at radius 3 is 2.59 bits per heavy atom. The first kappa shape index (κ1) is 19.6. The van der Waals surface area contributed by atoms with E-state index in [9.17, 15) is 4.79 Å². The molecule has 2 aromatic heterocycles. The Labute approximate surface area is 170 Å². The van der Waals surface area contributed by atoms with Crippen molar-refractivity contribution in [2.24, 2.45) is 5.92 Å². The van der Waals surface area contributed by atoms with Gasteiger partial charge in [0.2, 0.25) is 0 Å². The minimum atomic E-state index is -0.0498. The van der Waals surface area contributed by atoms with Gasteiger partial charge in [-0.1, -0.05) is 0 Å². The van der Waals surface area contributed by atoms with Crippen LogP contribution in [-0.2, 0) is 4.74 Å². The van der Waals surface area contributed by atoms with E-state index < -0.39 is 0 Å². The lowest BCUT2D eigenvalue weighted by Gasteiger charge is -2.22. The highest BCUT2D eigenvalue weighted by molar-refractivity contribution is 5.90. The van der Waals surface area contributed by atoms with Gasteiger partial charge < -0.3 is 9.47 Å². The van der Waals surface area contributed by atoms with Crippen molar-refractivity contribution in [3.63, 3.8) is 0 Å². The van der Waals surface area contributed by atoms with E-state index in [4.69, 9.17) is 9.47 Å². The van der Waals surface area contributed by atoms with Crippen LogP contribution >= 0.6 is 0 Å². The van der Waals surface area contributed by atoms with Crippen LogP contribution in [0.5, 0.6) is 5.75 Å². The number of ether oxygens (including phenoxy) is 2. The first-order chi connectivity index (χ1) is 14.0. The normalized spacial score (nSPS) is 14.9. The number of methoxy groups -OCH3 is 2. The Kier molecular flexibility index (Phi) is 5.13. The summed E-state index contributed by atoms with van der Waals surface area (Å²) in [6.45, 7) is 6.35. The van der Waals surface area contributed by atoms with Crippen LogP contribution in [0.4, 0.5) is 0 Å². The van der Waals surface area contributed by atoms with Crippen molar-refractivity contribution in [1.29, 1.82) is 0 Å². The van der Waals surface area contributed by atoms with Crippen molar-refractivity contribution in [3.05, 3.63) is 51.6 Å². The van der Waals surface area contributed by atoms with E-state index in [2.05, 4.69) is 16.0 Å². The molecule has 2 heterocycles. The second kappa shape index (κ2) is 7.59. The molecule has 0 saturated heterocycles. The topological polar surface area (TPSA) is 66.2 Å². The zero-order valence-corrected chi connectivity index (χ0v) is 17.7. The van der Waals surface area contributed by atoms with Crippen LogP contribution in [-0.4, -0.2) is 35.4 Å². The Morgan fingerprint density at radius 1 is 1.17 bits per heavy atom. The second-order valence-corrected chi connectivity index (χ2v) is 7.90. The molecule has 0 aliphatic heterocycles. The fraction of sp³-hybridized carbons (Fsp3) is 0.435. The minimum Gasteiger partial charge on any atom is -0.496 e. The zero-order chi connectivity index (χ0) is 20.7. The molecule has 0 N–H and O–H groups in total. The molecule has 3 aromatic rings. The highest BCUT2D eigenvalue weighted by atomic mass is 16.5.